The van der Waals surface area contributed by atoms with E-state index in [1.165, 1.54) is 4.90 Å². The van der Waals surface area contributed by atoms with Crippen molar-refractivity contribution in [3.05, 3.63) is 30.3 Å². The van der Waals surface area contributed by atoms with E-state index in [1.807, 2.05) is 23.9 Å². The van der Waals surface area contributed by atoms with Crippen LogP contribution in [0.15, 0.2) is 29.2 Å². The molecule has 0 amide bonds. The van der Waals surface area contributed by atoms with E-state index < -0.39 is 0 Å². The van der Waals surface area contributed by atoms with Gasteiger partial charge in [0.05, 0.1) is 0 Å². The minimum atomic E-state index is 1.13. The molecule has 0 saturated carbocycles. The van der Waals surface area contributed by atoms with Gasteiger partial charge in [-0.3, -0.25) is 0 Å². The Kier molecular flexibility index (Phi) is 4.19. The summed E-state index contributed by atoms with van der Waals surface area (Å²) in [6.07, 6.45) is 0. The van der Waals surface area contributed by atoms with Crippen LogP contribution in [0.5, 0.6) is 0 Å². The average Bonchev–Trinajstić information content (AvgIpc) is 2.05. The quantitative estimate of drug-likeness (QED) is 0.653. The summed E-state index contributed by atoms with van der Waals surface area (Å²) in [7, 11) is 4.19. The molecular formula is C10H14NS. The van der Waals surface area contributed by atoms with Crippen molar-refractivity contribution in [2.75, 3.05) is 26.4 Å². The highest BCUT2D eigenvalue weighted by atomic mass is 32.2. The van der Waals surface area contributed by atoms with Gasteiger partial charge in [-0.15, -0.1) is 11.8 Å². The molecule has 0 aliphatic heterocycles. The van der Waals surface area contributed by atoms with Gasteiger partial charge in [-0.2, -0.15) is 0 Å². The van der Waals surface area contributed by atoms with Gasteiger partial charge >= 0.3 is 0 Å². The molecule has 0 bridgehead atoms. The van der Waals surface area contributed by atoms with Gasteiger partial charge in [-0.25, -0.2) is 0 Å². The van der Waals surface area contributed by atoms with Crippen LogP contribution < -0.4 is 0 Å². The summed E-state index contributed by atoms with van der Waals surface area (Å²) in [6.45, 7) is 1.13. The summed E-state index contributed by atoms with van der Waals surface area (Å²) in [4.78, 5) is 3.53. The molecule has 0 aromatic heterocycles. The SMILES string of the molecule is CN(C)CCSc1cc[c]cc1. The maximum absolute atomic E-state index is 3.01. The molecule has 0 fully saturated rings. The van der Waals surface area contributed by atoms with E-state index in [0.717, 1.165) is 12.3 Å². The highest BCUT2D eigenvalue weighted by Gasteiger charge is 1.92. The Bertz CT molecular complexity index is 208. The highest BCUT2D eigenvalue weighted by Crippen LogP contribution is 2.15. The fraction of sp³-hybridized carbons (Fsp3) is 0.400. The van der Waals surface area contributed by atoms with Crippen LogP contribution in [-0.2, 0) is 0 Å². The lowest BCUT2D eigenvalue weighted by Crippen LogP contribution is -2.14. The summed E-state index contributed by atoms with van der Waals surface area (Å²) in [6, 6.07) is 11.1. The van der Waals surface area contributed by atoms with Gasteiger partial charge in [0.2, 0.25) is 0 Å². The number of nitrogens with zero attached hydrogens (tertiary/aromatic N) is 1. The first-order chi connectivity index (χ1) is 5.79. The Hall–Kier alpha value is -0.470. The molecule has 0 atom stereocenters. The molecule has 0 heterocycles. The van der Waals surface area contributed by atoms with E-state index in [1.54, 1.807) is 0 Å². The van der Waals surface area contributed by atoms with Gasteiger partial charge in [0.25, 0.3) is 0 Å². The molecule has 12 heavy (non-hydrogen) atoms. The van der Waals surface area contributed by atoms with Crippen LogP contribution in [0.2, 0.25) is 0 Å². The Morgan fingerprint density at radius 3 is 2.58 bits per heavy atom. The second-order valence-electron chi connectivity index (χ2n) is 2.89. The number of hydrogen-bond donors (Lipinski definition) is 0. The van der Waals surface area contributed by atoms with Crippen molar-refractivity contribution in [1.29, 1.82) is 0 Å². The first-order valence-corrected chi connectivity index (χ1v) is 5.01. The van der Waals surface area contributed by atoms with Crippen LogP contribution in [0.4, 0.5) is 0 Å². The van der Waals surface area contributed by atoms with Crippen molar-refractivity contribution < 1.29 is 0 Å². The third-order valence-corrected chi connectivity index (χ3v) is 2.49. The van der Waals surface area contributed by atoms with Crippen molar-refractivity contribution in [2.24, 2.45) is 0 Å². The zero-order valence-corrected chi connectivity index (χ0v) is 8.40. The second kappa shape index (κ2) is 5.22. The molecule has 0 aliphatic carbocycles. The van der Waals surface area contributed by atoms with Crippen LogP contribution in [-0.4, -0.2) is 31.3 Å². The Labute approximate surface area is 78.8 Å². The molecule has 0 spiro atoms. The van der Waals surface area contributed by atoms with Gasteiger partial charge in [-0.05, 0) is 32.3 Å². The smallest absolute Gasteiger partial charge is 0.0108 e. The van der Waals surface area contributed by atoms with Crippen molar-refractivity contribution >= 4 is 11.8 Å². The number of benzene rings is 1. The van der Waals surface area contributed by atoms with Crippen LogP contribution in [0, 0.1) is 6.07 Å². The van der Waals surface area contributed by atoms with Crippen molar-refractivity contribution in [2.45, 2.75) is 4.90 Å². The lowest BCUT2D eigenvalue weighted by atomic mass is 10.4. The monoisotopic (exact) mass is 180 g/mol. The Morgan fingerprint density at radius 2 is 2.00 bits per heavy atom. The number of thioether (sulfide) groups is 1. The standard InChI is InChI=1S/C10H14NS/c1-11(2)8-9-12-10-6-4-3-5-7-10/h4-7H,8-9H2,1-2H3. The van der Waals surface area contributed by atoms with Crippen molar-refractivity contribution in [3.8, 4) is 0 Å². The van der Waals surface area contributed by atoms with Crippen molar-refractivity contribution in [1.82, 2.24) is 4.90 Å². The number of hydrogen-bond acceptors (Lipinski definition) is 2. The largest absolute Gasteiger partial charge is 0.309 e. The van der Waals surface area contributed by atoms with E-state index in [2.05, 4.69) is 37.2 Å². The third kappa shape index (κ3) is 3.79. The third-order valence-electron chi connectivity index (χ3n) is 1.49. The van der Waals surface area contributed by atoms with Crippen molar-refractivity contribution in [3.63, 3.8) is 0 Å². The molecule has 1 aromatic rings. The van der Waals surface area contributed by atoms with E-state index in [4.69, 9.17) is 0 Å². The van der Waals surface area contributed by atoms with E-state index in [0.29, 0.717) is 0 Å². The predicted molar refractivity (Wildman–Crippen MR) is 54.6 cm³/mol. The van der Waals surface area contributed by atoms with E-state index in [9.17, 15) is 0 Å². The summed E-state index contributed by atoms with van der Waals surface area (Å²) in [5, 5.41) is 0. The normalized spacial score (nSPS) is 10.6. The van der Waals surface area contributed by atoms with Crippen LogP contribution >= 0.6 is 11.8 Å². The molecule has 0 unspecified atom stereocenters. The molecule has 0 aliphatic rings. The first-order valence-electron chi connectivity index (χ1n) is 4.02. The number of rotatable bonds is 4. The maximum atomic E-state index is 3.01. The molecule has 1 nitrogen and oxygen atoms in total. The predicted octanol–water partition coefficient (Wildman–Crippen LogP) is 2.14. The topological polar surface area (TPSA) is 3.24 Å². The van der Waals surface area contributed by atoms with Crippen LogP contribution in [0.1, 0.15) is 0 Å². The zero-order valence-electron chi connectivity index (χ0n) is 7.58. The van der Waals surface area contributed by atoms with Gasteiger partial charge < -0.3 is 4.90 Å². The molecule has 1 aromatic carbocycles. The van der Waals surface area contributed by atoms with Gasteiger partial charge in [-0.1, -0.05) is 12.1 Å². The van der Waals surface area contributed by atoms with E-state index >= 15 is 0 Å². The average molecular weight is 180 g/mol. The van der Waals surface area contributed by atoms with Gasteiger partial charge in [0.15, 0.2) is 0 Å². The summed E-state index contributed by atoms with van der Waals surface area (Å²) >= 11 is 1.89. The minimum absolute atomic E-state index is 1.13. The lowest BCUT2D eigenvalue weighted by molar-refractivity contribution is 0.437. The first kappa shape index (κ1) is 9.62. The fourth-order valence-electron chi connectivity index (χ4n) is 0.814. The van der Waals surface area contributed by atoms with Crippen LogP contribution in [0.3, 0.4) is 0 Å². The minimum Gasteiger partial charge on any atom is -0.309 e. The lowest BCUT2D eigenvalue weighted by Gasteiger charge is -2.08. The molecule has 0 N–H and O–H groups in total. The molecule has 1 rings (SSSR count). The van der Waals surface area contributed by atoms with E-state index in [-0.39, 0.29) is 0 Å². The summed E-state index contributed by atoms with van der Waals surface area (Å²) < 4.78 is 0. The zero-order chi connectivity index (χ0) is 8.81. The summed E-state index contributed by atoms with van der Waals surface area (Å²) in [5.74, 6) is 1.15. The maximum Gasteiger partial charge on any atom is 0.0108 e. The molecule has 2 heteroatoms. The summed E-state index contributed by atoms with van der Waals surface area (Å²) in [5.41, 5.74) is 0. The van der Waals surface area contributed by atoms with Crippen LogP contribution in [0.25, 0.3) is 0 Å². The molecule has 1 radical (unpaired) electrons. The highest BCUT2D eigenvalue weighted by molar-refractivity contribution is 7.99. The Morgan fingerprint density at radius 1 is 1.33 bits per heavy atom. The van der Waals surface area contributed by atoms with Gasteiger partial charge in [0.1, 0.15) is 0 Å². The Balaban J connectivity index is 2.25. The van der Waals surface area contributed by atoms with Gasteiger partial charge in [0, 0.05) is 17.2 Å². The second-order valence-corrected chi connectivity index (χ2v) is 4.06. The molecular weight excluding hydrogens is 166 g/mol. The molecule has 65 valence electrons. The molecule has 0 saturated heterocycles. The fourth-order valence-corrected chi connectivity index (χ4v) is 1.83.